The van der Waals surface area contributed by atoms with Gasteiger partial charge in [0, 0.05) is 5.75 Å². The van der Waals surface area contributed by atoms with Gasteiger partial charge in [-0.2, -0.15) is 0 Å². The Morgan fingerprint density at radius 2 is 1.87 bits per heavy atom. The van der Waals surface area contributed by atoms with Crippen molar-refractivity contribution in [1.29, 1.82) is 0 Å². The number of hydrogen-bond donors (Lipinski definition) is 0. The summed E-state index contributed by atoms with van der Waals surface area (Å²) in [5.74, 6) is 0.944. The third-order valence-electron chi connectivity index (χ3n) is 2.27. The van der Waals surface area contributed by atoms with E-state index in [4.69, 9.17) is 0 Å². The van der Waals surface area contributed by atoms with Crippen molar-refractivity contribution in [2.75, 3.05) is 5.75 Å². The molecule has 0 atom stereocenters. The van der Waals surface area contributed by atoms with Crippen molar-refractivity contribution < 1.29 is 4.79 Å². The summed E-state index contributed by atoms with van der Waals surface area (Å²) in [7, 11) is 0. The van der Waals surface area contributed by atoms with Crippen LogP contribution in [0.3, 0.4) is 0 Å². The maximum Gasteiger partial charge on any atom is 0.214 e. The first-order valence-corrected chi connectivity index (χ1v) is 7.04. The van der Waals surface area contributed by atoms with Crippen LogP contribution in [0, 0.1) is 0 Å². The van der Waals surface area contributed by atoms with Gasteiger partial charge in [0.1, 0.15) is 0 Å². The Bertz CT molecular complexity index is 197. The Kier molecular flexibility index (Phi) is 10.1. The van der Waals surface area contributed by atoms with Crippen LogP contribution in [0.2, 0.25) is 0 Å². The summed E-state index contributed by atoms with van der Waals surface area (Å²) in [5.41, 5.74) is 0.935. The smallest absolute Gasteiger partial charge is 0.214 e. The zero-order valence-corrected chi connectivity index (χ0v) is 11.2. The van der Waals surface area contributed by atoms with Crippen molar-refractivity contribution in [3.8, 4) is 0 Å². The highest BCUT2D eigenvalue weighted by atomic mass is 32.2. The first kappa shape index (κ1) is 14.8. The van der Waals surface area contributed by atoms with Gasteiger partial charge in [-0.3, -0.25) is 4.79 Å². The Balaban J connectivity index is 3.62. The van der Waals surface area contributed by atoms with E-state index >= 15 is 0 Å². The van der Waals surface area contributed by atoms with Crippen LogP contribution in [0.1, 0.15) is 59.3 Å². The minimum absolute atomic E-state index is 0.257. The van der Waals surface area contributed by atoms with Crippen LogP contribution in [0.5, 0.6) is 0 Å². The Morgan fingerprint density at radius 3 is 2.47 bits per heavy atom. The van der Waals surface area contributed by atoms with Gasteiger partial charge in [-0.1, -0.05) is 50.9 Å². The van der Waals surface area contributed by atoms with Crippen LogP contribution >= 0.6 is 11.8 Å². The molecule has 0 aliphatic rings. The van der Waals surface area contributed by atoms with E-state index in [0.29, 0.717) is 0 Å². The van der Waals surface area contributed by atoms with Gasteiger partial charge in [-0.05, 0) is 31.8 Å². The third-order valence-corrected chi connectivity index (χ3v) is 3.46. The van der Waals surface area contributed by atoms with E-state index in [2.05, 4.69) is 19.9 Å². The molecule has 0 aromatic rings. The molecule has 0 aromatic carbocycles. The highest BCUT2D eigenvalue weighted by Crippen LogP contribution is 2.13. The number of allylic oxidation sites excluding steroid dienone is 1. The summed E-state index contributed by atoms with van der Waals surface area (Å²) < 4.78 is 0. The highest BCUT2D eigenvalue weighted by Gasteiger charge is 2.03. The molecule has 0 rings (SSSR count). The Hall–Kier alpha value is -0.240. The lowest BCUT2D eigenvalue weighted by molar-refractivity contribution is -0.107. The van der Waals surface area contributed by atoms with Crippen LogP contribution < -0.4 is 0 Å². The maximum absolute atomic E-state index is 11.5. The predicted octanol–water partition coefficient (Wildman–Crippen LogP) is 4.57. The lowest BCUT2D eigenvalue weighted by Gasteiger charge is -2.00. The average molecular weight is 228 g/mol. The van der Waals surface area contributed by atoms with Gasteiger partial charge < -0.3 is 0 Å². The lowest BCUT2D eigenvalue weighted by atomic mass is 10.1. The molecule has 0 saturated heterocycles. The topological polar surface area (TPSA) is 17.1 Å². The van der Waals surface area contributed by atoms with Crippen LogP contribution in [0.25, 0.3) is 0 Å². The fourth-order valence-electron chi connectivity index (χ4n) is 1.28. The zero-order chi connectivity index (χ0) is 11.5. The summed E-state index contributed by atoms with van der Waals surface area (Å²) in [5, 5.41) is 0.257. The van der Waals surface area contributed by atoms with Gasteiger partial charge in [-0.25, -0.2) is 0 Å². The fraction of sp³-hybridized carbons (Fsp3) is 0.769. The first-order valence-electron chi connectivity index (χ1n) is 6.06. The summed E-state index contributed by atoms with van der Waals surface area (Å²) in [6.45, 7) is 6.25. The molecule has 0 saturated carbocycles. The van der Waals surface area contributed by atoms with E-state index in [1.807, 2.05) is 6.92 Å². The van der Waals surface area contributed by atoms with E-state index in [1.54, 1.807) is 0 Å². The second kappa shape index (κ2) is 10.3. The second-order valence-electron chi connectivity index (χ2n) is 3.87. The summed E-state index contributed by atoms with van der Waals surface area (Å²) in [6, 6.07) is 0. The van der Waals surface area contributed by atoms with E-state index in [1.165, 1.54) is 37.4 Å². The molecule has 0 aromatic heterocycles. The normalized spacial score (nSPS) is 11.8. The summed E-state index contributed by atoms with van der Waals surface area (Å²) >= 11 is 1.45. The van der Waals surface area contributed by atoms with Crippen molar-refractivity contribution in [1.82, 2.24) is 0 Å². The monoisotopic (exact) mass is 228 g/mol. The molecule has 0 spiro atoms. The molecule has 0 fully saturated rings. The molecular weight excluding hydrogens is 204 g/mol. The first-order chi connectivity index (χ1) is 7.22. The molecule has 15 heavy (non-hydrogen) atoms. The molecular formula is C13H24OS. The standard InChI is InChI=1S/C13H24OS/c1-4-6-7-8-9-10-12(3)13(14)15-11-5-2/h10H,4-9,11H2,1-3H3/b12-10+. The predicted molar refractivity (Wildman–Crippen MR) is 70.3 cm³/mol. The van der Waals surface area contributed by atoms with E-state index in [-0.39, 0.29) is 5.12 Å². The lowest BCUT2D eigenvalue weighted by Crippen LogP contribution is -1.94. The number of thioether (sulfide) groups is 1. The molecule has 0 N–H and O–H groups in total. The maximum atomic E-state index is 11.5. The minimum Gasteiger partial charge on any atom is -0.282 e. The third kappa shape index (κ3) is 8.73. The molecule has 2 heteroatoms. The zero-order valence-electron chi connectivity index (χ0n) is 10.3. The Labute approximate surface area is 98.7 Å². The van der Waals surface area contributed by atoms with Crippen molar-refractivity contribution in [3.05, 3.63) is 11.6 Å². The molecule has 0 aliphatic carbocycles. The molecule has 0 aliphatic heterocycles. The molecule has 88 valence electrons. The highest BCUT2D eigenvalue weighted by molar-refractivity contribution is 8.14. The van der Waals surface area contributed by atoms with Crippen LogP contribution in [0.15, 0.2) is 11.6 Å². The molecule has 0 heterocycles. The fourth-order valence-corrected chi connectivity index (χ4v) is 1.98. The van der Waals surface area contributed by atoms with Gasteiger partial charge in [0.25, 0.3) is 0 Å². The van der Waals surface area contributed by atoms with Gasteiger partial charge in [0.05, 0.1) is 0 Å². The van der Waals surface area contributed by atoms with Crippen molar-refractivity contribution in [2.24, 2.45) is 0 Å². The average Bonchev–Trinajstić information content (AvgIpc) is 2.25. The number of carbonyl (C=O) groups excluding carboxylic acids is 1. The molecule has 0 unspecified atom stereocenters. The molecule has 1 nitrogen and oxygen atoms in total. The number of rotatable bonds is 8. The van der Waals surface area contributed by atoms with Crippen molar-refractivity contribution in [2.45, 2.75) is 59.3 Å². The minimum atomic E-state index is 0.257. The van der Waals surface area contributed by atoms with E-state index < -0.39 is 0 Å². The van der Waals surface area contributed by atoms with Crippen molar-refractivity contribution >= 4 is 16.9 Å². The number of hydrogen-bond acceptors (Lipinski definition) is 2. The van der Waals surface area contributed by atoms with Gasteiger partial charge in [-0.15, -0.1) is 0 Å². The molecule has 0 radical (unpaired) electrons. The van der Waals surface area contributed by atoms with E-state index in [0.717, 1.165) is 24.2 Å². The summed E-state index contributed by atoms with van der Waals surface area (Å²) in [6.07, 6.45) is 9.32. The Morgan fingerprint density at radius 1 is 1.13 bits per heavy atom. The van der Waals surface area contributed by atoms with Crippen LogP contribution in [-0.4, -0.2) is 10.9 Å². The van der Waals surface area contributed by atoms with E-state index in [9.17, 15) is 4.79 Å². The van der Waals surface area contributed by atoms with Gasteiger partial charge >= 0.3 is 0 Å². The summed E-state index contributed by atoms with van der Waals surface area (Å²) in [4.78, 5) is 11.5. The largest absolute Gasteiger partial charge is 0.282 e. The van der Waals surface area contributed by atoms with Crippen molar-refractivity contribution in [3.63, 3.8) is 0 Å². The van der Waals surface area contributed by atoms with Crippen LogP contribution in [-0.2, 0) is 4.79 Å². The van der Waals surface area contributed by atoms with Gasteiger partial charge in [0.2, 0.25) is 5.12 Å². The SMILES string of the molecule is CCCCCC/C=C(\C)C(=O)SCCC. The van der Waals surface area contributed by atoms with Gasteiger partial charge in [0.15, 0.2) is 0 Å². The molecule has 0 amide bonds. The molecule has 0 bridgehead atoms. The van der Waals surface area contributed by atoms with Crippen LogP contribution in [0.4, 0.5) is 0 Å². The number of unbranched alkanes of at least 4 members (excludes halogenated alkanes) is 4. The second-order valence-corrected chi connectivity index (χ2v) is 4.94. The quantitative estimate of drug-likeness (QED) is 0.447. The number of carbonyl (C=O) groups is 1.